The van der Waals surface area contributed by atoms with Crippen LogP contribution in [-0.4, -0.2) is 108 Å². The van der Waals surface area contributed by atoms with Gasteiger partial charge in [0.05, 0.1) is 31.7 Å². The van der Waals surface area contributed by atoms with Crippen LogP contribution in [0.4, 0.5) is 4.79 Å². The molecule has 6 rings (SSSR count). The van der Waals surface area contributed by atoms with Gasteiger partial charge in [-0.3, -0.25) is 14.4 Å². The molecule has 0 radical (unpaired) electrons. The van der Waals surface area contributed by atoms with Crippen molar-refractivity contribution in [1.29, 1.82) is 0 Å². The van der Waals surface area contributed by atoms with E-state index in [0.717, 1.165) is 10.7 Å². The molecule has 288 valence electrons. The highest BCUT2D eigenvalue weighted by molar-refractivity contribution is 7.90. The zero-order valence-corrected chi connectivity index (χ0v) is 31.6. The zero-order valence-electron chi connectivity index (χ0n) is 30.7. The first-order chi connectivity index (χ1) is 25.2. The van der Waals surface area contributed by atoms with Gasteiger partial charge in [0, 0.05) is 30.2 Å². The molecule has 16 heteroatoms. The first-order valence-electron chi connectivity index (χ1n) is 18.3. The molecule has 0 unspecified atom stereocenters. The van der Waals surface area contributed by atoms with Crippen LogP contribution in [0.2, 0.25) is 0 Å². The number of hydrogen-bond donors (Lipinski definition) is 3. The lowest BCUT2D eigenvalue weighted by molar-refractivity contribution is -0.142. The van der Waals surface area contributed by atoms with Crippen molar-refractivity contribution in [1.82, 2.24) is 24.8 Å². The molecule has 0 spiro atoms. The van der Waals surface area contributed by atoms with Crippen molar-refractivity contribution in [2.75, 3.05) is 27.3 Å². The Morgan fingerprint density at radius 2 is 1.91 bits per heavy atom. The molecule has 53 heavy (non-hydrogen) atoms. The van der Waals surface area contributed by atoms with Crippen molar-refractivity contribution in [3.8, 4) is 17.4 Å². The van der Waals surface area contributed by atoms with Gasteiger partial charge in [0.15, 0.2) is 0 Å². The zero-order chi connectivity index (χ0) is 38.2. The molecule has 4 aliphatic rings. The molecule has 2 saturated carbocycles. The van der Waals surface area contributed by atoms with Crippen LogP contribution in [0.15, 0.2) is 36.5 Å². The topological polar surface area (TPSA) is 194 Å². The molecule has 7 atom stereocenters. The Kier molecular flexibility index (Phi) is 10.8. The first-order valence-corrected chi connectivity index (χ1v) is 19.8. The lowest BCUT2D eigenvalue weighted by Crippen LogP contribution is -2.59. The van der Waals surface area contributed by atoms with Gasteiger partial charge in [-0.1, -0.05) is 26.0 Å². The Balaban J connectivity index is 1.36. The molecule has 2 aliphatic carbocycles. The van der Waals surface area contributed by atoms with Gasteiger partial charge in [0.25, 0.3) is 5.91 Å². The molecule has 0 bridgehead atoms. The average molecular weight is 756 g/mol. The van der Waals surface area contributed by atoms with E-state index in [1.54, 1.807) is 25.3 Å². The summed E-state index contributed by atoms with van der Waals surface area (Å²) in [5.41, 5.74) is -1.53. The minimum absolute atomic E-state index is 0.00429. The number of likely N-dealkylation sites (N-methyl/N-ethyl adjacent to an activating group) is 1. The molecule has 1 aromatic carbocycles. The Hall–Kier alpha value is -4.60. The predicted molar refractivity (Wildman–Crippen MR) is 194 cm³/mol. The normalized spacial score (nSPS) is 29.2. The van der Waals surface area contributed by atoms with Gasteiger partial charge in [0.2, 0.25) is 27.7 Å². The number of carbonyl (C=O) groups excluding carboxylic acids is 3. The third kappa shape index (κ3) is 7.73. The van der Waals surface area contributed by atoms with E-state index in [4.69, 9.17) is 14.2 Å². The fraction of sp³-hybridized carbons (Fsp3) is 0.595. The maximum absolute atomic E-state index is 14.4. The van der Waals surface area contributed by atoms with E-state index in [9.17, 15) is 32.7 Å². The van der Waals surface area contributed by atoms with Gasteiger partial charge in [-0.15, -0.1) is 0 Å². The maximum Gasteiger partial charge on any atom is 0.405 e. The van der Waals surface area contributed by atoms with Crippen LogP contribution in [0.5, 0.6) is 17.4 Å². The number of carboxylic acid groups (broad SMARTS) is 1. The Morgan fingerprint density at radius 3 is 2.58 bits per heavy atom. The number of ether oxygens (including phenoxy) is 3. The molecule has 1 aromatic heterocycles. The highest BCUT2D eigenvalue weighted by Gasteiger charge is 2.63. The van der Waals surface area contributed by atoms with Crippen molar-refractivity contribution in [3.05, 3.63) is 36.5 Å². The number of allylic oxidation sites excluding steroid dienone is 1. The molecule has 15 nitrogen and oxygen atoms in total. The number of carbonyl (C=O) groups is 4. The molecule has 4 amide bonds. The van der Waals surface area contributed by atoms with Crippen molar-refractivity contribution in [2.45, 2.75) is 94.7 Å². The molecular weight excluding hydrogens is 706 g/mol. The van der Waals surface area contributed by atoms with Crippen LogP contribution in [0.25, 0.3) is 10.8 Å². The van der Waals surface area contributed by atoms with Gasteiger partial charge in [0.1, 0.15) is 35.2 Å². The molecule has 3 N–H and O–H groups in total. The monoisotopic (exact) mass is 755 g/mol. The number of nitrogens with one attached hydrogen (secondary N) is 2. The lowest BCUT2D eigenvalue weighted by atomic mass is 9.88. The van der Waals surface area contributed by atoms with Crippen LogP contribution < -0.4 is 24.8 Å². The van der Waals surface area contributed by atoms with E-state index in [1.807, 2.05) is 32.9 Å². The standard InChI is InChI=1S/C37H49N5O10S/c1-6-51-30-19-38-33(27-14-11-24(50-5)16-28(27)30)52-25-17-29-32(43)40-37(35(45)41(4)53(48,49)26-12-13-26)18-23(37)10-8-7-9-21(2)15-22(3)31(39-36(46)47)34(44)42(29)20-25/h8,10-11,14,16,19,21-23,25-26,29,31,39H,6-7,9,12-13,15,17-18,20H2,1-5H3,(H,40,43)(H,46,47)/t21-,22-,23-,25-,29+,31+,37-/m1/s1. The smallest absolute Gasteiger partial charge is 0.405 e. The Bertz CT molecular complexity index is 1900. The molecule has 2 aromatic rings. The maximum atomic E-state index is 14.4. The SMILES string of the molecule is CCOc1cnc(O[C@@H]2C[C@H]3C(=O)N[C@]4(C(=O)N(C)S(=O)(=O)C5CC5)C[C@H]4C=CCC[C@@H](C)C[C@@H](C)[C@H](NC(=O)O)C(=O)N3C2)c2ccc(OC)cc12. The summed E-state index contributed by atoms with van der Waals surface area (Å²) in [7, 11) is -1.12. The second kappa shape index (κ2) is 15.0. The number of nitrogens with zero attached hydrogens (tertiary/aromatic N) is 3. The molecule has 3 fully saturated rings. The van der Waals surface area contributed by atoms with Crippen molar-refractivity contribution in [2.24, 2.45) is 17.8 Å². The first kappa shape index (κ1) is 38.1. The van der Waals surface area contributed by atoms with E-state index in [-0.39, 0.29) is 31.2 Å². The van der Waals surface area contributed by atoms with Crippen LogP contribution in [0.3, 0.4) is 0 Å². The van der Waals surface area contributed by atoms with E-state index >= 15 is 0 Å². The number of amides is 4. The number of fused-ring (bicyclic) bond motifs is 3. The highest BCUT2D eigenvalue weighted by Crippen LogP contribution is 2.48. The second-order valence-electron chi connectivity index (χ2n) is 14.8. The summed E-state index contributed by atoms with van der Waals surface area (Å²) in [5, 5.41) is 15.8. The predicted octanol–water partition coefficient (Wildman–Crippen LogP) is 3.46. The van der Waals surface area contributed by atoms with Crippen molar-refractivity contribution >= 4 is 44.6 Å². The number of hydrogen-bond acceptors (Lipinski definition) is 10. The number of sulfonamides is 1. The summed E-state index contributed by atoms with van der Waals surface area (Å²) < 4.78 is 44.8. The average Bonchev–Trinajstić information content (AvgIpc) is 4.05. The van der Waals surface area contributed by atoms with Crippen molar-refractivity contribution < 1.29 is 46.9 Å². The fourth-order valence-electron chi connectivity index (χ4n) is 7.74. The highest BCUT2D eigenvalue weighted by atomic mass is 32.2. The summed E-state index contributed by atoms with van der Waals surface area (Å²) in [6.07, 6.45) is 6.26. The third-order valence-corrected chi connectivity index (χ3v) is 13.1. The molecule has 1 saturated heterocycles. The number of rotatable bonds is 9. The summed E-state index contributed by atoms with van der Waals surface area (Å²) >= 11 is 0. The number of methoxy groups -OCH3 is 1. The number of pyridine rings is 1. The second-order valence-corrected chi connectivity index (χ2v) is 17.0. The van der Waals surface area contributed by atoms with E-state index in [0.29, 0.717) is 54.6 Å². The fourth-order valence-corrected chi connectivity index (χ4v) is 9.31. The number of benzene rings is 1. The van der Waals surface area contributed by atoms with Gasteiger partial charge in [-0.25, -0.2) is 22.5 Å². The lowest BCUT2D eigenvalue weighted by Gasteiger charge is -2.32. The van der Waals surface area contributed by atoms with Gasteiger partial charge >= 0.3 is 6.09 Å². The summed E-state index contributed by atoms with van der Waals surface area (Å²) in [5.74, 6) is -1.39. The Labute approximate surface area is 309 Å². The molecule has 3 heterocycles. The Morgan fingerprint density at radius 1 is 1.15 bits per heavy atom. The summed E-state index contributed by atoms with van der Waals surface area (Å²) in [6, 6.07) is 3.00. The van der Waals surface area contributed by atoms with Gasteiger partial charge in [-0.05, 0) is 75.5 Å². The quantitative estimate of drug-likeness (QED) is 0.318. The van der Waals surface area contributed by atoms with Crippen molar-refractivity contribution in [3.63, 3.8) is 0 Å². The van der Waals surface area contributed by atoms with E-state index in [2.05, 4.69) is 15.6 Å². The van der Waals surface area contributed by atoms with Gasteiger partial charge < -0.3 is 34.9 Å². The van der Waals surface area contributed by atoms with E-state index < -0.39 is 74.7 Å². The summed E-state index contributed by atoms with van der Waals surface area (Å²) in [4.78, 5) is 60.7. The largest absolute Gasteiger partial charge is 0.497 e. The minimum Gasteiger partial charge on any atom is -0.497 e. The van der Waals surface area contributed by atoms with Gasteiger partial charge in [-0.2, -0.15) is 0 Å². The van der Waals surface area contributed by atoms with Crippen LogP contribution in [-0.2, 0) is 24.4 Å². The van der Waals surface area contributed by atoms with Crippen LogP contribution >= 0.6 is 0 Å². The molecular formula is C37H49N5O10S. The summed E-state index contributed by atoms with van der Waals surface area (Å²) in [6.45, 7) is 6.02. The number of aromatic nitrogens is 1. The van der Waals surface area contributed by atoms with E-state index in [1.165, 1.54) is 18.1 Å². The van der Waals surface area contributed by atoms with Crippen LogP contribution in [0, 0.1) is 17.8 Å². The minimum atomic E-state index is -3.90. The molecule has 2 aliphatic heterocycles. The van der Waals surface area contributed by atoms with Crippen LogP contribution in [0.1, 0.15) is 65.7 Å². The third-order valence-electron chi connectivity index (χ3n) is 10.9.